The van der Waals surface area contributed by atoms with Crippen molar-refractivity contribution in [2.45, 2.75) is 58.6 Å². The van der Waals surface area contributed by atoms with Gasteiger partial charge in [-0.05, 0) is 70.4 Å². The normalized spacial score (nSPS) is 18.1. The first-order chi connectivity index (χ1) is 17.3. The number of esters is 1. The standard InChI is InChI=1S/C28H34N4O4/c1-28(2,3)36-24(33)19-35-18-21-13-11-20(12-14-21)17-32-27(34)30-25(23-10-7-15-29-16-23)26(31-32)22-8-5-4-6-9-22/h4-10,15-16,20-21H,11-14,17-19H2,1-3H3/t20-,21-. The molecule has 8 nitrogen and oxygen atoms in total. The SMILES string of the molecule is CC(C)(C)OC(=O)COC[C@H]1CC[C@H](Cn2nc(-c3ccccc3)c(-c3cccnc3)nc2=O)CC1. The molecule has 0 aliphatic heterocycles. The highest BCUT2D eigenvalue weighted by atomic mass is 16.6. The minimum atomic E-state index is -0.504. The van der Waals surface area contributed by atoms with E-state index in [1.165, 1.54) is 4.68 Å². The van der Waals surface area contributed by atoms with Crippen molar-refractivity contribution >= 4 is 5.97 Å². The van der Waals surface area contributed by atoms with Gasteiger partial charge < -0.3 is 9.47 Å². The number of rotatable bonds is 8. The second-order valence-corrected chi connectivity index (χ2v) is 10.4. The van der Waals surface area contributed by atoms with Crippen LogP contribution >= 0.6 is 0 Å². The van der Waals surface area contributed by atoms with Crippen molar-refractivity contribution < 1.29 is 14.3 Å². The van der Waals surface area contributed by atoms with Gasteiger partial charge in [0.2, 0.25) is 0 Å². The molecule has 0 atom stereocenters. The van der Waals surface area contributed by atoms with Gasteiger partial charge in [0.1, 0.15) is 23.6 Å². The summed E-state index contributed by atoms with van der Waals surface area (Å²) >= 11 is 0. The van der Waals surface area contributed by atoms with Crippen LogP contribution in [-0.2, 0) is 20.8 Å². The summed E-state index contributed by atoms with van der Waals surface area (Å²) in [5, 5.41) is 4.77. The minimum absolute atomic E-state index is 0.0201. The zero-order valence-corrected chi connectivity index (χ0v) is 21.2. The smallest absolute Gasteiger partial charge is 0.364 e. The van der Waals surface area contributed by atoms with Gasteiger partial charge in [0.15, 0.2) is 0 Å². The number of hydrogen-bond donors (Lipinski definition) is 0. The number of nitrogens with zero attached hydrogens (tertiary/aromatic N) is 4. The average molecular weight is 491 g/mol. The van der Waals surface area contributed by atoms with E-state index in [1.54, 1.807) is 12.4 Å². The van der Waals surface area contributed by atoms with Crippen LogP contribution in [0, 0.1) is 11.8 Å². The van der Waals surface area contributed by atoms with Gasteiger partial charge in [-0.15, -0.1) is 0 Å². The van der Waals surface area contributed by atoms with E-state index in [0.717, 1.165) is 36.8 Å². The lowest BCUT2D eigenvalue weighted by Gasteiger charge is -2.28. The maximum Gasteiger partial charge on any atom is 0.364 e. The molecule has 1 aliphatic carbocycles. The van der Waals surface area contributed by atoms with Crippen LogP contribution in [0.1, 0.15) is 46.5 Å². The van der Waals surface area contributed by atoms with Gasteiger partial charge in [-0.2, -0.15) is 10.1 Å². The summed E-state index contributed by atoms with van der Waals surface area (Å²) in [5.41, 5.74) is 2.03. The van der Waals surface area contributed by atoms with Crippen LogP contribution in [0.2, 0.25) is 0 Å². The lowest BCUT2D eigenvalue weighted by Crippen LogP contribution is -2.32. The first-order valence-electron chi connectivity index (χ1n) is 12.5. The predicted molar refractivity (Wildman–Crippen MR) is 137 cm³/mol. The number of pyridine rings is 1. The van der Waals surface area contributed by atoms with Gasteiger partial charge in [0, 0.05) is 30.1 Å². The monoisotopic (exact) mass is 490 g/mol. The largest absolute Gasteiger partial charge is 0.458 e. The van der Waals surface area contributed by atoms with E-state index in [1.807, 2.05) is 63.2 Å². The molecule has 3 aromatic rings. The zero-order chi connectivity index (χ0) is 25.5. The van der Waals surface area contributed by atoms with Crippen molar-refractivity contribution in [1.29, 1.82) is 0 Å². The van der Waals surface area contributed by atoms with E-state index in [-0.39, 0.29) is 18.3 Å². The fourth-order valence-electron chi connectivity index (χ4n) is 4.54. The molecule has 36 heavy (non-hydrogen) atoms. The Labute approximate surface area is 211 Å². The van der Waals surface area contributed by atoms with E-state index < -0.39 is 5.60 Å². The highest BCUT2D eigenvalue weighted by Gasteiger charge is 2.24. The summed E-state index contributed by atoms with van der Waals surface area (Å²) in [4.78, 5) is 33.4. The van der Waals surface area contributed by atoms with Crippen LogP contribution in [0.15, 0.2) is 59.7 Å². The number of benzene rings is 1. The fraction of sp³-hybridized carbons (Fsp3) is 0.464. The number of carbonyl (C=O) groups excluding carboxylic acids is 1. The third-order valence-corrected chi connectivity index (χ3v) is 6.25. The summed E-state index contributed by atoms with van der Waals surface area (Å²) in [7, 11) is 0. The number of aromatic nitrogens is 4. The van der Waals surface area contributed by atoms with Crippen molar-refractivity contribution in [3.05, 3.63) is 65.3 Å². The molecule has 1 aromatic carbocycles. The van der Waals surface area contributed by atoms with Crippen molar-refractivity contribution in [3.63, 3.8) is 0 Å². The van der Waals surface area contributed by atoms with Gasteiger partial charge in [-0.25, -0.2) is 14.3 Å². The van der Waals surface area contributed by atoms with E-state index >= 15 is 0 Å². The third-order valence-electron chi connectivity index (χ3n) is 6.25. The molecule has 0 N–H and O–H groups in total. The molecule has 190 valence electrons. The highest BCUT2D eigenvalue weighted by molar-refractivity contribution is 5.76. The van der Waals surface area contributed by atoms with Crippen molar-refractivity contribution in [3.8, 4) is 22.5 Å². The van der Waals surface area contributed by atoms with Crippen LogP contribution in [0.3, 0.4) is 0 Å². The summed E-state index contributed by atoms with van der Waals surface area (Å²) < 4.78 is 12.4. The van der Waals surface area contributed by atoms with E-state index in [9.17, 15) is 9.59 Å². The molecule has 0 amide bonds. The van der Waals surface area contributed by atoms with Gasteiger partial charge in [-0.1, -0.05) is 30.3 Å². The topological polar surface area (TPSA) is 96.2 Å². The molecule has 2 heterocycles. The quantitative estimate of drug-likeness (QED) is 0.428. The molecule has 0 saturated heterocycles. The minimum Gasteiger partial charge on any atom is -0.458 e. The summed E-state index contributed by atoms with van der Waals surface area (Å²) in [6.45, 7) is 6.59. The third kappa shape index (κ3) is 7.07. The molecule has 1 saturated carbocycles. The van der Waals surface area contributed by atoms with Crippen molar-refractivity contribution in [2.75, 3.05) is 13.2 Å². The van der Waals surface area contributed by atoms with Crippen molar-refractivity contribution in [2.24, 2.45) is 11.8 Å². The van der Waals surface area contributed by atoms with Gasteiger partial charge in [0.25, 0.3) is 0 Å². The molecule has 8 heteroatoms. The Balaban J connectivity index is 1.39. The molecule has 4 rings (SSSR count). The molecule has 0 spiro atoms. The van der Waals surface area contributed by atoms with Crippen LogP contribution in [-0.4, -0.2) is 44.5 Å². The van der Waals surface area contributed by atoms with Gasteiger partial charge >= 0.3 is 11.7 Å². The molecule has 1 fully saturated rings. The number of hydrogen-bond acceptors (Lipinski definition) is 7. The van der Waals surface area contributed by atoms with Crippen LogP contribution in [0.25, 0.3) is 22.5 Å². The second kappa shape index (κ2) is 11.6. The Hall–Kier alpha value is -3.39. The fourth-order valence-corrected chi connectivity index (χ4v) is 4.54. The zero-order valence-electron chi connectivity index (χ0n) is 21.2. The summed E-state index contributed by atoms with van der Waals surface area (Å²) in [6, 6.07) is 13.5. The Morgan fingerprint density at radius 1 is 0.972 bits per heavy atom. The van der Waals surface area contributed by atoms with Crippen molar-refractivity contribution in [1.82, 2.24) is 19.7 Å². The Morgan fingerprint density at radius 3 is 2.33 bits per heavy atom. The Bertz CT molecular complexity index is 1200. The molecule has 1 aliphatic rings. The van der Waals surface area contributed by atoms with E-state index in [0.29, 0.717) is 36.4 Å². The maximum absolute atomic E-state index is 12.9. The van der Waals surface area contributed by atoms with Gasteiger partial charge in [-0.3, -0.25) is 4.98 Å². The predicted octanol–water partition coefficient (Wildman–Crippen LogP) is 4.53. The lowest BCUT2D eigenvalue weighted by atomic mass is 9.82. The molecule has 2 aromatic heterocycles. The average Bonchev–Trinajstić information content (AvgIpc) is 2.86. The van der Waals surface area contributed by atoms with Crippen LogP contribution in [0.4, 0.5) is 0 Å². The molecular weight excluding hydrogens is 456 g/mol. The number of carbonyl (C=O) groups is 1. The van der Waals surface area contributed by atoms with E-state index in [2.05, 4.69) is 9.97 Å². The first-order valence-corrected chi connectivity index (χ1v) is 12.5. The summed E-state index contributed by atoms with van der Waals surface area (Å²) in [6.07, 6.45) is 7.31. The Kier molecular flexibility index (Phi) is 8.25. The highest BCUT2D eigenvalue weighted by Crippen LogP contribution is 2.31. The number of ether oxygens (including phenoxy) is 2. The molecule has 0 bridgehead atoms. The van der Waals surface area contributed by atoms with Gasteiger partial charge in [0.05, 0.1) is 6.61 Å². The molecule has 0 unspecified atom stereocenters. The first kappa shape index (κ1) is 25.7. The molecule has 0 radical (unpaired) electrons. The maximum atomic E-state index is 12.9. The van der Waals surface area contributed by atoms with Crippen LogP contribution in [0.5, 0.6) is 0 Å². The second-order valence-electron chi connectivity index (χ2n) is 10.4. The van der Waals surface area contributed by atoms with Crippen LogP contribution < -0.4 is 5.69 Å². The summed E-state index contributed by atoms with van der Waals surface area (Å²) in [5.74, 6) is 0.407. The Morgan fingerprint density at radius 2 is 1.67 bits per heavy atom. The molecular formula is C28H34N4O4. The van der Waals surface area contributed by atoms with E-state index in [4.69, 9.17) is 14.6 Å². The lowest BCUT2D eigenvalue weighted by molar-refractivity contribution is -0.160.